The standard InChI is InChI=1S/C13H26N2/c1-5-6-7-8-15-10-13(11(2)3)14-9-12(15)4/h5-6,11-14H,7-10H2,1-4H3/b6-5+. The molecule has 1 fully saturated rings. The molecule has 88 valence electrons. The Morgan fingerprint density at radius 1 is 1.47 bits per heavy atom. The maximum atomic E-state index is 3.63. The van der Waals surface area contributed by atoms with Crippen molar-refractivity contribution in [2.24, 2.45) is 5.92 Å². The van der Waals surface area contributed by atoms with Crippen LogP contribution in [-0.4, -0.2) is 36.6 Å². The van der Waals surface area contributed by atoms with Gasteiger partial charge in [0.25, 0.3) is 0 Å². The summed E-state index contributed by atoms with van der Waals surface area (Å²) >= 11 is 0. The van der Waals surface area contributed by atoms with E-state index in [9.17, 15) is 0 Å². The van der Waals surface area contributed by atoms with Crippen molar-refractivity contribution in [3.63, 3.8) is 0 Å². The van der Waals surface area contributed by atoms with Gasteiger partial charge in [0.05, 0.1) is 0 Å². The number of allylic oxidation sites excluding steroid dienone is 1. The minimum atomic E-state index is 0.673. The molecule has 2 atom stereocenters. The van der Waals surface area contributed by atoms with Crippen LogP contribution in [0.3, 0.4) is 0 Å². The predicted molar refractivity (Wildman–Crippen MR) is 67.1 cm³/mol. The largest absolute Gasteiger partial charge is 0.311 e. The highest BCUT2D eigenvalue weighted by atomic mass is 15.2. The van der Waals surface area contributed by atoms with Crippen molar-refractivity contribution in [3.8, 4) is 0 Å². The molecular weight excluding hydrogens is 184 g/mol. The third-order valence-electron chi connectivity index (χ3n) is 3.35. The van der Waals surface area contributed by atoms with E-state index in [1.165, 1.54) is 19.5 Å². The lowest BCUT2D eigenvalue weighted by Gasteiger charge is -2.40. The fourth-order valence-corrected chi connectivity index (χ4v) is 2.11. The molecule has 0 bridgehead atoms. The first kappa shape index (κ1) is 12.7. The molecule has 1 aliphatic rings. The summed E-state index contributed by atoms with van der Waals surface area (Å²) < 4.78 is 0. The second-order valence-electron chi connectivity index (χ2n) is 4.96. The number of rotatable bonds is 4. The smallest absolute Gasteiger partial charge is 0.0218 e. The summed E-state index contributed by atoms with van der Waals surface area (Å²) in [7, 11) is 0. The summed E-state index contributed by atoms with van der Waals surface area (Å²) in [5, 5.41) is 3.63. The van der Waals surface area contributed by atoms with Gasteiger partial charge in [-0.25, -0.2) is 0 Å². The molecule has 1 aliphatic heterocycles. The Morgan fingerprint density at radius 3 is 2.80 bits per heavy atom. The molecule has 0 spiro atoms. The van der Waals surface area contributed by atoms with Crippen molar-refractivity contribution in [1.29, 1.82) is 0 Å². The third-order valence-corrected chi connectivity index (χ3v) is 3.35. The Morgan fingerprint density at radius 2 is 2.20 bits per heavy atom. The van der Waals surface area contributed by atoms with E-state index in [0.29, 0.717) is 12.1 Å². The van der Waals surface area contributed by atoms with Crippen LogP contribution in [0.4, 0.5) is 0 Å². The lowest BCUT2D eigenvalue weighted by Crippen LogP contribution is -2.57. The average molecular weight is 210 g/mol. The molecule has 2 heteroatoms. The molecule has 1 heterocycles. The van der Waals surface area contributed by atoms with Crippen LogP contribution in [0, 0.1) is 5.92 Å². The van der Waals surface area contributed by atoms with E-state index < -0.39 is 0 Å². The van der Waals surface area contributed by atoms with Crippen LogP contribution in [0.25, 0.3) is 0 Å². The highest BCUT2D eigenvalue weighted by Crippen LogP contribution is 2.12. The fourth-order valence-electron chi connectivity index (χ4n) is 2.11. The normalized spacial score (nSPS) is 29.1. The molecular formula is C13H26N2. The van der Waals surface area contributed by atoms with Gasteiger partial charge in [-0.3, -0.25) is 4.90 Å². The van der Waals surface area contributed by atoms with Gasteiger partial charge in [-0.2, -0.15) is 0 Å². The van der Waals surface area contributed by atoms with Gasteiger partial charge in [0, 0.05) is 31.7 Å². The van der Waals surface area contributed by atoms with Crippen LogP contribution in [0.1, 0.15) is 34.1 Å². The monoisotopic (exact) mass is 210 g/mol. The molecule has 1 rings (SSSR count). The minimum absolute atomic E-state index is 0.673. The second-order valence-corrected chi connectivity index (χ2v) is 4.96. The minimum Gasteiger partial charge on any atom is -0.311 e. The molecule has 0 aliphatic carbocycles. The lowest BCUT2D eigenvalue weighted by molar-refractivity contribution is 0.125. The van der Waals surface area contributed by atoms with Gasteiger partial charge >= 0.3 is 0 Å². The summed E-state index contributed by atoms with van der Waals surface area (Å²) in [6.45, 7) is 12.6. The predicted octanol–water partition coefficient (Wildman–Crippen LogP) is 2.27. The van der Waals surface area contributed by atoms with Gasteiger partial charge < -0.3 is 5.32 Å². The van der Waals surface area contributed by atoms with Gasteiger partial charge in [0.2, 0.25) is 0 Å². The van der Waals surface area contributed by atoms with Crippen LogP contribution >= 0.6 is 0 Å². The van der Waals surface area contributed by atoms with E-state index in [-0.39, 0.29) is 0 Å². The van der Waals surface area contributed by atoms with Gasteiger partial charge in [0.15, 0.2) is 0 Å². The SMILES string of the molecule is C/C=C/CCN1CC(C(C)C)NCC1C. The first-order valence-electron chi connectivity index (χ1n) is 6.23. The molecule has 0 aromatic carbocycles. The molecule has 2 nitrogen and oxygen atoms in total. The molecule has 15 heavy (non-hydrogen) atoms. The Bertz CT molecular complexity index is 199. The summed E-state index contributed by atoms with van der Waals surface area (Å²) in [4.78, 5) is 2.61. The third kappa shape index (κ3) is 3.96. The number of hydrogen-bond acceptors (Lipinski definition) is 2. The highest BCUT2D eigenvalue weighted by molar-refractivity contribution is 4.87. The Labute approximate surface area is 94.7 Å². The van der Waals surface area contributed by atoms with Crippen molar-refractivity contribution in [1.82, 2.24) is 10.2 Å². The molecule has 2 unspecified atom stereocenters. The number of piperazine rings is 1. The van der Waals surface area contributed by atoms with Crippen LogP contribution in [0.5, 0.6) is 0 Å². The number of hydrogen-bond donors (Lipinski definition) is 1. The van der Waals surface area contributed by atoms with Crippen molar-refractivity contribution in [2.45, 2.75) is 46.2 Å². The average Bonchev–Trinajstić information content (AvgIpc) is 2.20. The Kier molecular flexibility index (Phi) is 5.34. The van der Waals surface area contributed by atoms with Gasteiger partial charge in [0.1, 0.15) is 0 Å². The van der Waals surface area contributed by atoms with Gasteiger partial charge in [-0.15, -0.1) is 0 Å². The quantitative estimate of drug-likeness (QED) is 0.716. The molecule has 1 N–H and O–H groups in total. The lowest BCUT2D eigenvalue weighted by atomic mass is 9.99. The summed E-state index contributed by atoms with van der Waals surface area (Å²) in [6.07, 6.45) is 5.59. The summed E-state index contributed by atoms with van der Waals surface area (Å²) in [5.74, 6) is 0.738. The zero-order valence-electron chi connectivity index (χ0n) is 10.7. The van der Waals surface area contributed by atoms with Crippen molar-refractivity contribution < 1.29 is 0 Å². The molecule has 0 aromatic heterocycles. The van der Waals surface area contributed by atoms with Crippen LogP contribution in [0.2, 0.25) is 0 Å². The van der Waals surface area contributed by atoms with Gasteiger partial charge in [-0.1, -0.05) is 26.0 Å². The summed E-state index contributed by atoms with van der Waals surface area (Å²) in [6, 6.07) is 1.36. The topological polar surface area (TPSA) is 15.3 Å². The highest BCUT2D eigenvalue weighted by Gasteiger charge is 2.25. The van der Waals surface area contributed by atoms with E-state index in [4.69, 9.17) is 0 Å². The summed E-state index contributed by atoms with van der Waals surface area (Å²) in [5.41, 5.74) is 0. The van der Waals surface area contributed by atoms with Crippen molar-refractivity contribution in [2.75, 3.05) is 19.6 Å². The molecule has 0 radical (unpaired) electrons. The first-order valence-corrected chi connectivity index (χ1v) is 6.23. The van der Waals surface area contributed by atoms with E-state index in [1.54, 1.807) is 0 Å². The van der Waals surface area contributed by atoms with Crippen molar-refractivity contribution in [3.05, 3.63) is 12.2 Å². The number of nitrogens with one attached hydrogen (secondary N) is 1. The van der Waals surface area contributed by atoms with Crippen LogP contribution < -0.4 is 5.32 Å². The number of nitrogens with zero attached hydrogens (tertiary/aromatic N) is 1. The maximum absolute atomic E-state index is 3.63. The first-order chi connectivity index (χ1) is 7.15. The van der Waals surface area contributed by atoms with E-state index >= 15 is 0 Å². The molecule has 1 saturated heterocycles. The van der Waals surface area contributed by atoms with Crippen LogP contribution in [0.15, 0.2) is 12.2 Å². The Balaban J connectivity index is 2.39. The zero-order chi connectivity index (χ0) is 11.3. The fraction of sp³-hybridized carbons (Fsp3) is 0.846. The molecule has 0 aromatic rings. The second kappa shape index (κ2) is 6.29. The van der Waals surface area contributed by atoms with E-state index in [0.717, 1.165) is 12.5 Å². The van der Waals surface area contributed by atoms with E-state index in [2.05, 4.69) is 50.1 Å². The van der Waals surface area contributed by atoms with Crippen LogP contribution in [-0.2, 0) is 0 Å². The molecule has 0 amide bonds. The maximum Gasteiger partial charge on any atom is 0.0218 e. The Hall–Kier alpha value is -0.340. The van der Waals surface area contributed by atoms with Crippen molar-refractivity contribution >= 4 is 0 Å². The van der Waals surface area contributed by atoms with Gasteiger partial charge in [-0.05, 0) is 26.2 Å². The zero-order valence-corrected chi connectivity index (χ0v) is 10.7. The molecule has 0 saturated carbocycles. The van der Waals surface area contributed by atoms with E-state index in [1.807, 2.05) is 0 Å².